The number of aliphatic carboxylic acids is 1. The Morgan fingerprint density at radius 2 is 1.81 bits per heavy atom. The Kier molecular flexibility index (Phi) is 6.27. The number of methoxy groups -OCH3 is 1. The monoisotopic (exact) mass is 427 g/mol. The predicted molar refractivity (Wildman–Crippen MR) is 123 cm³/mol. The summed E-state index contributed by atoms with van der Waals surface area (Å²) < 4.78 is 11.5. The number of fused-ring (bicyclic) bond motifs is 1. The van der Waals surface area contributed by atoms with Crippen molar-refractivity contribution in [3.05, 3.63) is 90.3 Å². The second-order valence-electron chi connectivity index (χ2n) is 6.94. The Morgan fingerprint density at radius 1 is 1.03 bits per heavy atom. The van der Waals surface area contributed by atoms with Crippen molar-refractivity contribution >= 4 is 34.5 Å². The molecule has 0 saturated heterocycles. The first-order valence-corrected chi connectivity index (χ1v) is 9.90. The van der Waals surface area contributed by atoms with E-state index in [0.29, 0.717) is 29.4 Å². The lowest BCUT2D eigenvalue weighted by Gasteiger charge is -2.14. The van der Waals surface area contributed by atoms with Crippen molar-refractivity contribution in [2.75, 3.05) is 12.4 Å². The van der Waals surface area contributed by atoms with Gasteiger partial charge in [0.2, 0.25) is 0 Å². The number of ether oxygens (including phenoxy) is 2. The van der Waals surface area contributed by atoms with Crippen LogP contribution in [0.25, 0.3) is 17.0 Å². The summed E-state index contributed by atoms with van der Waals surface area (Å²) in [5.74, 6) is 0.820. The summed E-state index contributed by atoms with van der Waals surface area (Å²) in [6, 6.07) is 20.9. The van der Waals surface area contributed by atoms with Gasteiger partial charge in [-0.15, -0.1) is 0 Å². The first-order chi connectivity index (χ1) is 15.6. The van der Waals surface area contributed by atoms with Gasteiger partial charge >= 0.3 is 5.97 Å². The van der Waals surface area contributed by atoms with Gasteiger partial charge in [-0.3, -0.25) is 0 Å². The van der Waals surface area contributed by atoms with Crippen molar-refractivity contribution in [2.24, 2.45) is 0 Å². The summed E-state index contributed by atoms with van der Waals surface area (Å²) in [7, 11) is 1.59. The van der Waals surface area contributed by atoms with Gasteiger partial charge in [-0.1, -0.05) is 42.5 Å². The second kappa shape index (κ2) is 9.61. The summed E-state index contributed by atoms with van der Waals surface area (Å²) in [5.41, 5.74) is 3.36. The molecule has 0 saturated carbocycles. The van der Waals surface area contributed by atoms with Crippen LogP contribution in [-0.2, 0) is 11.4 Å². The molecule has 7 heteroatoms. The molecule has 0 spiro atoms. The van der Waals surface area contributed by atoms with Gasteiger partial charge in [0.1, 0.15) is 18.8 Å². The van der Waals surface area contributed by atoms with Crippen molar-refractivity contribution in [1.82, 2.24) is 9.97 Å². The van der Waals surface area contributed by atoms with Crippen LogP contribution in [0.2, 0.25) is 0 Å². The molecule has 32 heavy (non-hydrogen) atoms. The zero-order valence-electron chi connectivity index (χ0n) is 17.4. The van der Waals surface area contributed by atoms with E-state index in [1.807, 2.05) is 66.7 Å². The van der Waals surface area contributed by atoms with E-state index in [-0.39, 0.29) is 0 Å². The molecule has 2 N–H and O–H groups in total. The van der Waals surface area contributed by atoms with Gasteiger partial charge in [-0.2, -0.15) is 0 Å². The largest absolute Gasteiger partial charge is 0.493 e. The Balaban J connectivity index is 1.58. The summed E-state index contributed by atoms with van der Waals surface area (Å²) in [6.07, 6.45) is 4.13. The number of carbonyl (C=O) groups is 1. The molecule has 0 amide bonds. The molecular weight excluding hydrogens is 406 g/mol. The Bertz CT molecular complexity index is 1260. The van der Waals surface area contributed by atoms with E-state index in [9.17, 15) is 4.79 Å². The Morgan fingerprint density at radius 3 is 2.53 bits per heavy atom. The number of aromatic nitrogens is 2. The fourth-order valence-electron chi connectivity index (χ4n) is 3.15. The van der Waals surface area contributed by atoms with E-state index < -0.39 is 5.97 Å². The lowest BCUT2D eigenvalue weighted by Crippen LogP contribution is -2.00. The van der Waals surface area contributed by atoms with Gasteiger partial charge in [0.15, 0.2) is 11.5 Å². The highest BCUT2D eigenvalue weighted by molar-refractivity contribution is 5.93. The summed E-state index contributed by atoms with van der Waals surface area (Å²) in [6.45, 7) is 0.418. The molecule has 0 aliphatic heterocycles. The Labute approximate surface area is 185 Å². The molecule has 1 aromatic heterocycles. The molecule has 0 bridgehead atoms. The summed E-state index contributed by atoms with van der Waals surface area (Å²) >= 11 is 0. The maximum atomic E-state index is 10.7. The smallest absolute Gasteiger partial charge is 0.328 e. The first-order valence-electron chi connectivity index (χ1n) is 9.90. The molecule has 0 unspecified atom stereocenters. The third kappa shape index (κ3) is 5.02. The zero-order valence-corrected chi connectivity index (χ0v) is 17.4. The number of hydrogen-bond donors (Lipinski definition) is 2. The molecule has 0 radical (unpaired) electrons. The van der Waals surface area contributed by atoms with Crippen LogP contribution in [0.4, 0.5) is 11.5 Å². The normalized spacial score (nSPS) is 10.9. The number of benzene rings is 3. The topological polar surface area (TPSA) is 93.6 Å². The molecule has 3 aromatic carbocycles. The number of anilines is 2. The molecule has 0 fully saturated rings. The van der Waals surface area contributed by atoms with E-state index >= 15 is 0 Å². The van der Waals surface area contributed by atoms with Crippen LogP contribution < -0.4 is 14.8 Å². The van der Waals surface area contributed by atoms with Crippen LogP contribution >= 0.6 is 0 Å². The van der Waals surface area contributed by atoms with Crippen LogP contribution in [0.5, 0.6) is 11.5 Å². The summed E-state index contributed by atoms with van der Waals surface area (Å²) in [5, 5.41) is 12.8. The van der Waals surface area contributed by atoms with Crippen molar-refractivity contribution in [3.63, 3.8) is 0 Å². The lowest BCUT2D eigenvalue weighted by molar-refractivity contribution is -0.131. The van der Waals surface area contributed by atoms with Crippen LogP contribution in [0.3, 0.4) is 0 Å². The third-order valence-electron chi connectivity index (χ3n) is 4.75. The predicted octanol–water partition coefficient (Wildman–Crippen LogP) is 5.06. The van der Waals surface area contributed by atoms with Gasteiger partial charge in [-0.05, 0) is 35.4 Å². The average Bonchev–Trinajstić information content (AvgIpc) is 2.82. The van der Waals surface area contributed by atoms with Crippen LogP contribution in [0, 0.1) is 0 Å². The summed E-state index contributed by atoms with van der Waals surface area (Å²) in [4.78, 5) is 19.4. The standard InChI is InChI=1S/C25H21N3O4/c1-31-22-13-20-21(14-23(22)32-15-18-5-3-2-4-6-18)26-16-27-25(20)28-19-10-7-17(8-11-19)9-12-24(29)30/h2-14,16H,15H2,1H3,(H,29,30)(H,26,27,28). The van der Waals surface area contributed by atoms with E-state index in [1.165, 1.54) is 12.4 Å². The van der Waals surface area contributed by atoms with Crippen LogP contribution in [0.15, 0.2) is 79.1 Å². The van der Waals surface area contributed by atoms with Crippen molar-refractivity contribution in [3.8, 4) is 11.5 Å². The highest BCUT2D eigenvalue weighted by Gasteiger charge is 2.12. The number of nitrogens with one attached hydrogen (secondary N) is 1. The highest BCUT2D eigenvalue weighted by atomic mass is 16.5. The number of carboxylic acid groups (broad SMARTS) is 1. The van der Waals surface area contributed by atoms with E-state index in [0.717, 1.165) is 28.3 Å². The van der Waals surface area contributed by atoms with E-state index in [1.54, 1.807) is 7.11 Å². The molecule has 4 rings (SSSR count). The van der Waals surface area contributed by atoms with Crippen LogP contribution in [0.1, 0.15) is 11.1 Å². The highest BCUT2D eigenvalue weighted by Crippen LogP contribution is 2.35. The van der Waals surface area contributed by atoms with Crippen molar-refractivity contribution < 1.29 is 19.4 Å². The molecule has 4 aromatic rings. The lowest BCUT2D eigenvalue weighted by atomic mass is 10.1. The molecule has 1 heterocycles. The number of rotatable bonds is 8. The third-order valence-corrected chi connectivity index (χ3v) is 4.75. The van der Waals surface area contributed by atoms with E-state index in [2.05, 4.69) is 15.3 Å². The Hall–Kier alpha value is -4.39. The quantitative estimate of drug-likeness (QED) is 0.380. The fourth-order valence-corrected chi connectivity index (χ4v) is 3.15. The van der Waals surface area contributed by atoms with E-state index in [4.69, 9.17) is 14.6 Å². The van der Waals surface area contributed by atoms with Gasteiger partial charge in [0.25, 0.3) is 0 Å². The minimum absolute atomic E-state index is 0.418. The van der Waals surface area contributed by atoms with Gasteiger partial charge < -0.3 is 19.9 Å². The second-order valence-corrected chi connectivity index (χ2v) is 6.94. The SMILES string of the molecule is COc1cc2c(Nc3ccc(C=CC(=O)O)cc3)ncnc2cc1OCc1ccccc1. The maximum absolute atomic E-state index is 10.7. The number of nitrogens with zero attached hydrogens (tertiary/aromatic N) is 2. The minimum Gasteiger partial charge on any atom is -0.493 e. The van der Waals surface area contributed by atoms with Crippen LogP contribution in [-0.4, -0.2) is 28.2 Å². The fraction of sp³-hybridized carbons (Fsp3) is 0.0800. The molecule has 160 valence electrons. The molecule has 0 atom stereocenters. The maximum Gasteiger partial charge on any atom is 0.328 e. The minimum atomic E-state index is -0.985. The number of carboxylic acids is 1. The van der Waals surface area contributed by atoms with Crippen molar-refractivity contribution in [2.45, 2.75) is 6.61 Å². The van der Waals surface area contributed by atoms with Gasteiger partial charge in [-0.25, -0.2) is 14.8 Å². The van der Waals surface area contributed by atoms with Gasteiger partial charge in [0, 0.05) is 23.2 Å². The van der Waals surface area contributed by atoms with Crippen molar-refractivity contribution in [1.29, 1.82) is 0 Å². The van der Waals surface area contributed by atoms with Gasteiger partial charge in [0.05, 0.1) is 12.6 Å². The molecule has 0 aliphatic carbocycles. The molecule has 7 nitrogen and oxygen atoms in total. The zero-order chi connectivity index (χ0) is 22.3. The first kappa shape index (κ1) is 20.9. The average molecular weight is 427 g/mol. The molecular formula is C25H21N3O4. The molecule has 0 aliphatic rings. The number of hydrogen-bond acceptors (Lipinski definition) is 6.